The van der Waals surface area contributed by atoms with E-state index in [4.69, 9.17) is 0 Å². The average Bonchev–Trinajstić information content (AvgIpc) is 2.99. The highest BCUT2D eigenvalue weighted by Crippen LogP contribution is 2.28. The second kappa shape index (κ2) is 5.97. The average molecular weight is 281 g/mol. The normalized spacial score (nSPS) is 14.0. The van der Waals surface area contributed by atoms with Gasteiger partial charge in [0.25, 0.3) is 0 Å². The Labute approximate surface area is 124 Å². The number of phenols is 1. The Kier molecular flexibility index (Phi) is 3.88. The molecular formula is C17H19N3O. The zero-order chi connectivity index (χ0) is 14.7. The van der Waals surface area contributed by atoms with E-state index in [2.05, 4.69) is 46.4 Å². The lowest BCUT2D eigenvalue weighted by molar-refractivity contribution is 0.475. The van der Waals surface area contributed by atoms with E-state index in [1.807, 2.05) is 12.1 Å². The summed E-state index contributed by atoms with van der Waals surface area (Å²) in [6.45, 7) is 4.31. The van der Waals surface area contributed by atoms with Gasteiger partial charge >= 0.3 is 0 Å². The van der Waals surface area contributed by atoms with Crippen LogP contribution in [0.2, 0.25) is 0 Å². The second-order valence-electron chi connectivity index (χ2n) is 5.25. The van der Waals surface area contributed by atoms with Gasteiger partial charge in [-0.15, -0.1) is 0 Å². The number of aromatic hydroxyl groups is 1. The van der Waals surface area contributed by atoms with E-state index < -0.39 is 0 Å². The zero-order valence-corrected chi connectivity index (χ0v) is 12.1. The minimum atomic E-state index is 0.274. The Morgan fingerprint density at radius 1 is 1.14 bits per heavy atom. The number of nitrogens with one attached hydrogen (secondary N) is 1. The first-order valence-corrected chi connectivity index (χ1v) is 7.08. The number of anilines is 2. The third-order valence-corrected chi connectivity index (χ3v) is 3.57. The quantitative estimate of drug-likeness (QED) is 0.906. The number of nitrogens with zero attached hydrogens (tertiary/aromatic N) is 2. The molecule has 2 N–H and O–H groups in total. The van der Waals surface area contributed by atoms with Crippen LogP contribution in [0.3, 0.4) is 0 Å². The first-order chi connectivity index (χ1) is 10.2. The van der Waals surface area contributed by atoms with Gasteiger partial charge in [0.2, 0.25) is 0 Å². The van der Waals surface area contributed by atoms with Crippen molar-refractivity contribution in [2.45, 2.75) is 6.92 Å². The number of benzene rings is 2. The van der Waals surface area contributed by atoms with E-state index in [-0.39, 0.29) is 5.75 Å². The Bertz CT molecular complexity index is 649. The smallest absolute Gasteiger partial charge is 0.117 e. The van der Waals surface area contributed by atoms with Gasteiger partial charge in [-0.2, -0.15) is 0 Å². The van der Waals surface area contributed by atoms with Gasteiger partial charge in [0, 0.05) is 29.7 Å². The molecule has 3 rings (SSSR count). The summed E-state index contributed by atoms with van der Waals surface area (Å²) in [6, 6.07) is 15.7. The molecule has 21 heavy (non-hydrogen) atoms. The van der Waals surface area contributed by atoms with Crippen molar-refractivity contribution in [3.63, 3.8) is 0 Å². The van der Waals surface area contributed by atoms with Gasteiger partial charge in [0.1, 0.15) is 5.75 Å². The maximum Gasteiger partial charge on any atom is 0.117 e. The van der Waals surface area contributed by atoms with Crippen molar-refractivity contribution in [3.05, 3.63) is 54.1 Å². The van der Waals surface area contributed by atoms with Crippen molar-refractivity contribution in [1.82, 2.24) is 5.32 Å². The molecule has 1 aliphatic rings. The molecule has 4 nitrogen and oxygen atoms in total. The number of rotatable bonds is 4. The van der Waals surface area contributed by atoms with Gasteiger partial charge in [-0.05, 0) is 31.2 Å². The molecule has 0 aliphatic carbocycles. The summed E-state index contributed by atoms with van der Waals surface area (Å²) in [5, 5.41) is 13.0. The lowest BCUT2D eigenvalue weighted by Gasteiger charge is -2.25. The monoisotopic (exact) mass is 281 g/mol. The van der Waals surface area contributed by atoms with Crippen LogP contribution in [-0.2, 0) is 0 Å². The van der Waals surface area contributed by atoms with Crippen molar-refractivity contribution in [1.29, 1.82) is 0 Å². The van der Waals surface area contributed by atoms with Crippen LogP contribution in [0, 0.1) is 6.92 Å². The molecular weight excluding hydrogens is 262 g/mol. The van der Waals surface area contributed by atoms with Crippen LogP contribution in [-0.4, -0.2) is 30.6 Å². The SMILES string of the molecule is Cc1ccc(N(CC2=NCNC2)c2cccc(O)c2)cc1. The lowest BCUT2D eigenvalue weighted by Crippen LogP contribution is -2.28. The van der Waals surface area contributed by atoms with Gasteiger partial charge in [-0.25, -0.2) is 0 Å². The van der Waals surface area contributed by atoms with Crippen LogP contribution in [0.5, 0.6) is 5.75 Å². The molecule has 2 aromatic carbocycles. The first-order valence-electron chi connectivity index (χ1n) is 7.08. The molecule has 0 bridgehead atoms. The van der Waals surface area contributed by atoms with Crippen LogP contribution in [0.4, 0.5) is 11.4 Å². The molecule has 1 aliphatic heterocycles. The molecule has 0 amide bonds. The van der Waals surface area contributed by atoms with Crippen LogP contribution < -0.4 is 10.2 Å². The Morgan fingerprint density at radius 3 is 2.62 bits per heavy atom. The number of aryl methyl sites for hydroxylation is 1. The first kappa shape index (κ1) is 13.6. The highest BCUT2D eigenvalue weighted by Gasteiger charge is 2.15. The Balaban J connectivity index is 1.95. The largest absolute Gasteiger partial charge is 0.508 e. The fourth-order valence-electron chi connectivity index (χ4n) is 2.43. The van der Waals surface area contributed by atoms with Crippen LogP contribution in [0.15, 0.2) is 53.5 Å². The molecule has 1 heterocycles. The summed E-state index contributed by atoms with van der Waals surface area (Å²) in [4.78, 5) is 6.64. The van der Waals surface area contributed by atoms with E-state index in [9.17, 15) is 5.11 Å². The van der Waals surface area contributed by atoms with Gasteiger partial charge in [0.05, 0.1) is 13.2 Å². The molecule has 0 aromatic heterocycles. The summed E-state index contributed by atoms with van der Waals surface area (Å²) >= 11 is 0. The topological polar surface area (TPSA) is 47.9 Å². The predicted molar refractivity (Wildman–Crippen MR) is 86.6 cm³/mol. The summed E-state index contributed by atoms with van der Waals surface area (Å²) in [5.74, 6) is 0.274. The molecule has 0 spiro atoms. The standard InChI is InChI=1S/C17H19N3O/c1-13-5-7-15(8-6-13)20(11-14-10-18-12-19-14)16-3-2-4-17(21)9-16/h2-9,18,21H,10-12H2,1H3. The molecule has 0 saturated heterocycles. The molecule has 0 saturated carbocycles. The maximum absolute atomic E-state index is 9.74. The van der Waals surface area contributed by atoms with Gasteiger partial charge < -0.3 is 10.0 Å². The van der Waals surface area contributed by atoms with Gasteiger partial charge in [-0.3, -0.25) is 10.3 Å². The molecule has 0 radical (unpaired) electrons. The number of hydrogen-bond acceptors (Lipinski definition) is 4. The van der Waals surface area contributed by atoms with E-state index in [1.165, 1.54) is 5.56 Å². The second-order valence-corrected chi connectivity index (χ2v) is 5.25. The highest BCUT2D eigenvalue weighted by molar-refractivity contribution is 5.93. The minimum absolute atomic E-state index is 0.274. The van der Waals surface area contributed by atoms with Crippen molar-refractivity contribution >= 4 is 17.1 Å². The molecule has 0 fully saturated rings. The third-order valence-electron chi connectivity index (χ3n) is 3.57. The van der Waals surface area contributed by atoms with Crippen LogP contribution in [0.1, 0.15) is 5.56 Å². The molecule has 0 unspecified atom stereocenters. The summed E-state index contributed by atoms with van der Waals surface area (Å²) in [7, 11) is 0. The number of aliphatic imine (C=N–C) groups is 1. The molecule has 0 atom stereocenters. The fourth-order valence-corrected chi connectivity index (χ4v) is 2.43. The Hall–Kier alpha value is -2.33. The van der Waals surface area contributed by atoms with Gasteiger partial charge in [0.15, 0.2) is 0 Å². The van der Waals surface area contributed by atoms with E-state index in [0.29, 0.717) is 6.67 Å². The van der Waals surface area contributed by atoms with Crippen LogP contribution in [0.25, 0.3) is 0 Å². The van der Waals surface area contributed by atoms with Crippen molar-refractivity contribution in [2.75, 3.05) is 24.7 Å². The molecule has 4 heteroatoms. The Morgan fingerprint density at radius 2 is 1.95 bits per heavy atom. The predicted octanol–water partition coefficient (Wildman–Crippen LogP) is 2.84. The van der Waals surface area contributed by atoms with E-state index in [1.54, 1.807) is 12.1 Å². The molecule has 2 aromatic rings. The number of phenolic OH excluding ortho intramolecular Hbond substituents is 1. The summed E-state index contributed by atoms with van der Waals surface area (Å²) < 4.78 is 0. The number of hydrogen-bond donors (Lipinski definition) is 2. The van der Waals surface area contributed by atoms with Gasteiger partial charge in [-0.1, -0.05) is 23.8 Å². The van der Waals surface area contributed by atoms with Crippen molar-refractivity contribution in [3.8, 4) is 5.75 Å². The lowest BCUT2D eigenvalue weighted by atomic mass is 10.1. The van der Waals surface area contributed by atoms with E-state index in [0.717, 1.165) is 30.2 Å². The minimum Gasteiger partial charge on any atom is -0.508 e. The van der Waals surface area contributed by atoms with E-state index >= 15 is 0 Å². The van der Waals surface area contributed by atoms with Crippen LogP contribution >= 0.6 is 0 Å². The highest BCUT2D eigenvalue weighted by atomic mass is 16.3. The maximum atomic E-state index is 9.74. The third kappa shape index (κ3) is 3.23. The summed E-state index contributed by atoms with van der Waals surface area (Å²) in [5.41, 5.74) is 4.42. The molecule has 108 valence electrons. The van der Waals surface area contributed by atoms with Crippen molar-refractivity contribution in [2.24, 2.45) is 4.99 Å². The van der Waals surface area contributed by atoms with Crippen molar-refractivity contribution < 1.29 is 5.11 Å². The summed E-state index contributed by atoms with van der Waals surface area (Å²) in [6.07, 6.45) is 0. The zero-order valence-electron chi connectivity index (χ0n) is 12.1. The fraction of sp³-hybridized carbons (Fsp3) is 0.235.